The predicted octanol–water partition coefficient (Wildman–Crippen LogP) is 1.59. The summed E-state index contributed by atoms with van der Waals surface area (Å²) in [6, 6.07) is 0. The molecule has 0 bridgehead atoms. The van der Waals surface area contributed by atoms with E-state index in [2.05, 4.69) is 29.6 Å². The summed E-state index contributed by atoms with van der Waals surface area (Å²) in [7, 11) is 5.21. The minimum Gasteiger partial charge on any atom is -0.481 e. The fourth-order valence-corrected chi connectivity index (χ4v) is 2.17. The second kappa shape index (κ2) is 9.63. The summed E-state index contributed by atoms with van der Waals surface area (Å²) in [4.78, 5) is 11.1. The number of hydrogen-bond acceptors (Lipinski definition) is 4. The van der Waals surface area contributed by atoms with Gasteiger partial charge in [-0.25, -0.2) is 4.68 Å². The molecular formula is C14H27ClN4O2. The highest BCUT2D eigenvalue weighted by Crippen LogP contribution is 2.26. The van der Waals surface area contributed by atoms with Gasteiger partial charge in [-0.3, -0.25) is 4.79 Å². The van der Waals surface area contributed by atoms with Crippen LogP contribution < -0.4 is 15.4 Å². The number of carbonyl (C=O) groups is 1. The third-order valence-electron chi connectivity index (χ3n) is 3.20. The number of amides is 1. The Morgan fingerprint density at radius 1 is 1.43 bits per heavy atom. The molecule has 0 radical (unpaired) electrons. The average molecular weight is 319 g/mol. The Labute approximate surface area is 133 Å². The van der Waals surface area contributed by atoms with Gasteiger partial charge in [0.05, 0.1) is 18.4 Å². The van der Waals surface area contributed by atoms with Gasteiger partial charge in [0.15, 0.2) is 0 Å². The fourth-order valence-electron chi connectivity index (χ4n) is 2.17. The van der Waals surface area contributed by atoms with E-state index in [-0.39, 0.29) is 18.3 Å². The molecule has 1 rings (SSSR count). The maximum Gasteiger partial charge on any atom is 0.219 e. The van der Waals surface area contributed by atoms with Crippen LogP contribution in [0, 0.1) is 0 Å². The van der Waals surface area contributed by atoms with E-state index in [0.717, 1.165) is 30.1 Å². The SMILES string of the molecule is CNC(=O)CCCNCc1c(C(C)C)nn(C)c1OC.Cl. The number of halogens is 1. The van der Waals surface area contributed by atoms with Crippen LogP contribution in [0.3, 0.4) is 0 Å². The molecule has 0 aliphatic carbocycles. The number of rotatable bonds is 8. The molecule has 0 aliphatic heterocycles. The lowest BCUT2D eigenvalue weighted by Gasteiger charge is -2.09. The maximum absolute atomic E-state index is 11.1. The number of nitrogens with zero attached hydrogens (tertiary/aromatic N) is 2. The standard InChI is InChI=1S/C14H26N4O2.ClH/c1-10(2)13-11(14(20-5)18(4)17-13)9-16-8-6-7-12(19)15-3;/h10,16H,6-9H2,1-5H3,(H,15,19);1H. The van der Waals surface area contributed by atoms with Gasteiger partial charge in [0.1, 0.15) is 0 Å². The minimum absolute atomic E-state index is 0. The summed E-state index contributed by atoms with van der Waals surface area (Å²) in [5.74, 6) is 1.23. The van der Waals surface area contributed by atoms with Gasteiger partial charge in [0.2, 0.25) is 11.8 Å². The Balaban J connectivity index is 0.00000400. The summed E-state index contributed by atoms with van der Waals surface area (Å²) in [6.45, 7) is 5.75. The van der Waals surface area contributed by atoms with Crippen LogP contribution in [0.2, 0.25) is 0 Å². The molecule has 0 atom stereocenters. The molecule has 0 spiro atoms. The third kappa shape index (κ3) is 5.55. The Bertz CT molecular complexity index is 446. The number of nitrogens with one attached hydrogen (secondary N) is 2. The molecule has 21 heavy (non-hydrogen) atoms. The van der Waals surface area contributed by atoms with Crippen molar-refractivity contribution < 1.29 is 9.53 Å². The van der Waals surface area contributed by atoms with Crippen LogP contribution in [0.1, 0.15) is 43.9 Å². The molecule has 1 aromatic heterocycles. The van der Waals surface area contributed by atoms with Crippen molar-refractivity contribution in [1.82, 2.24) is 20.4 Å². The number of aromatic nitrogens is 2. The highest BCUT2D eigenvalue weighted by Gasteiger charge is 2.18. The molecular weight excluding hydrogens is 292 g/mol. The number of ether oxygens (including phenoxy) is 1. The quantitative estimate of drug-likeness (QED) is 0.714. The molecule has 122 valence electrons. The van der Waals surface area contributed by atoms with Gasteiger partial charge in [-0.05, 0) is 18.9 Å². The van der Waals surface area contributed by atoms with Gasteiger partial charge in [-0.15, -0.1) is 12.4 Å². The summed E-state index contributed by atoms with van der Waals surface area (Å²) < 4.78 is 7.19. The average Bonchev–Trinajstić information content (AvgIpc) is 2.74. The zero-order chi connectivity index (χ0) is 15.1. The van der Waals surface area contributed by atoms with E-state index in [4.69, 9.17) is 4.74 Å². The third-order valence-corrected chi connectivity index (χ3v) is 3.20. The zero-order valence-corrected chi connectivity index (χ0v) is 14.3. The van der Waals surface area contributed by atoms with Crippen molar-refractivity contribution in [2.45, 2.75) is 39.2 Å². The molecule has 0 saturated carbocycles. The van der Waals surface area contributed by atoms with Gasteiger partial charge in [-0.2, -0.15) is 5.10 Å². The van der Waals surface area contributed by atoms with E-state index in [0.29, 0.717) is 18.9 Å². The molecule has 0 aliphatic rings. The maximum atomic E-state index is 11.1. The predicted molar refractivity (Wildman–Crippen MR) is 86.1 cm³/mol. The Hall–Kier alpha value is -1.27. The van der Waals surface area contributed by atoms with E-state index in [1.165, 1.54) is 0 Å². The van der Waals surface area contributed by atoms with E-state index in [1.54, 1.807) is 18.8 Å². The lowest BCUT2D eigenvalue weighted by Crippen LogP contribution is -2.21. The molecule has 1 amide bonds. The van der Waals surface area contributed by atoms with E-state index < -0.39 is 0 Å². The van der Waals surface area contributed by atoms with Gasteiger partial charge >= 0.3 is 0 Å². The molecule has 0 saturated heterocycles. The molecule has 0 aromatic carbocycles. The summed E-state index contributed by atoms with van der Waals surface area (Å²) >= 11 is 0. The van der Waals surface area contributed by atoms with Crippen LogP contribution in [0.25, 0.3) is 0 Å². The highest BCUT2D eigenvalue weighted by atomic mass is 35.5. The monoisotopic (exact) mass is 318 g/mol. The Morgan fingerprint density at radius 3 is 2.62 bits per heavy atom. The topological polar surface area (TPSA) is 68.2 Å². The second-order valence-electron chi connectivity index (χ2n) is 5.10. The van der Waals surface area contributed by atoms with Crippen LogP contribution >= 0.6 is 12.4 Å². The van der Waals surface area contributed by atoms with Crippen molar-refractivity contribution >= 4 is 18.3 Å². The molecule has 0 unspecified atom stereocenters. The molecule has 1 heterocycles. The van der Waals surface area contributed by atoms with Crippen LogP contribution in [-0.2, 0) is 18.4 Å². The number of hydrogen-bond donors (Lipinski definition) is 2. The first-order chi connectivity index (χ1) is 9.51. The normalized spacial score (nSPS) is 10.4. The lowest BCUT2D eigenvalue weighted by molar-refractivity contribution is -0.120. The van der Waals surface area contributed by atoms with Crippen molar-refractivity contribution in [3.63, 3.8) is 0 Å². The van der Waals surface area contributed by atoms with E-state index >= 15 is 0 Å². The number of methoxy groups -OCH3 is 1. The van der Waals surface area contributed by atoms with Crippen molar-refractivity contribution in [1.29, 1.82) is 0 Å². The lowest BCUT2D eigenvalue weighted by atomic mass is 10.1. The van der Waals surface area contributed by atoms with E-state index in [1.807, 2.05) is 7.05 Å². The summed E-state index contributed by atoms with van der Waals surface area (Å²) in [6.07, 6.45) is 1.37. The number of carbonyl (C=O) groups excluding carboxylic acids is 1. The second-order valence-corrected chi connectivity index (χ2v) is 5.10. The molecule has 6 nitrogen and oxygen atoms in total. The van der Waals surface area contributed by atoms with Gasteiger partial charge in [0.25, 0.3) is 0 Å². The van der Waals surface area contributed by atoms with Crippen LogP contribution in [0.4, 0.5) is 0 Å². The van der Waals surface area contributed by atoms with Crippen molar-refractivity contribution in [3.8, 4) is 5.88 Å². The molecule has 2 N–H and O–H groups in total. The van der Waals surface area contributed by atoms with Crippen LogP contribution in [-0.4, -0.2) is 36.4 Å². The van der Waals surface area contributed by atoms with Gasteiger partial charge in [0, 0.05) is 27.1 Å². The fraction of sp³-hybridized carbons (Fsp3) is 0.714. The molecule has 7 heteroatoms. The van der Waals surface area contributed by atoms with Crippen molar-refractivity contribution in [2.75, 3.05) is 20.7 Å². The smallest absolute Gasteiger partial charge is 0.219 e. The Morgan fingerprint density at radius 2 is 2.10 bits per heavy atom. The Kier molecular flexibility index (Phi) is 9.05. The summed E-state index contributed by atoms with van der Waals surface area (Å²) in [5, 5.41) is 10.5. The zero-order valence-electron chi connectivity index (χ0n) is 13.5. The largest absolute Gasteiger partial charge is 0.481 e. The van der Waals surface area contributed by atoms with Crippen LogP contribution in [0.5, 0.6) is 5.88 Å². The minimum atomic E-state index is 0. The first kappa shape index (κ1) is 19.7. The summed E-state index contributed by atoms with van der Waals surface area (Å²) in [5.41, 5.74) is 2.16. The van der Waals surface area contributed by atoms with E-state index in [9.17, 15) is 4.79 Å². The van der Waals surface area contributed by atoms with Crippen LogP contribution in [0.15, 0.2) is 0 Å². The molecule has 0 fully saturated rings. The van der Waals surface area contributed by atoms with Gasteiger partial charge < -0.3 is 15.4 Å². The molecule has 1 aromatic rings. The van der Waals surface area contributed by atoms with Crippen molar-refractivity contribution in [2.24, 2.45) is 7.05 Å². The van der Waals surface area contributed by atoms with Gasteiger partial charge in [-0.1, -0.05) is 13.8 Å². The first-order valence-electron chi connectivity index (χ1n) is 7.02. The number of aryl methyl sites for hydroxylation is 1. The van der Waals surface area contributed by atoms with Crippen molar-refractivity contribution in [3.05, 3.63) is 11.3 Å². The first-order valence-corrected chi connectivity index (χ1v) is 7.02. The highest BCUT2D eigenvalue weighted by molar-refractivity contribution is 5.85.